The number of nitrogens with zero attached hydrogens (tertiary/aromatic N) is 2. The molecule has 0 aliphatic heterocycles. The van der Waals surface area contributed by atoms with E-state index in [9.17, 15) is 0 Å². The third kappa shape index (κ3) is 3.54. The summed E-state index contributed by atoms with van der Waals surface area (Å²) in [7, 11) is 3.70. The van der Waals surface area contributed by atoms with Gasteiger partial charge in [0.2, 0.25) is 0 Å². The fraction of sp³-hybridized carbons (Fsp3) is 0.357. The molecule has 1 aromatic carbocycles. The summed E-state index contributed by atoms with van der Waals surface area (Å²) in [6.45, 7) is 1.84. The van der Waals surface area contributed by atoms with Crippen molar-refractivity contribution in [2.24, 2.45) is 0 Å². The molecule has 20 heavy (non-hydrogen) atoms. The second-order valence-corrected chi connectivity index (χ2v) is 5.24. The standard InChI is InChI=1S/C14H20N4OS/c1-18(11-7-4-3-5-8-11)10-6-9-16-14-12(19-2)13(15)17-20-14/h3-5,7-8,16H,6,9-10H2,1-2H3,(H2,15,17). The van der Waals surface area contributed by atoms with Gasteiger partial charge in [0.25, 0.3) is 0 Å². The predicted octanol–water partition coefficient (Wildman–Crippen LogP) is 2.67. The minimum absolute atomic E-state index is 0.446. The summed E-state index contributed by atoms with van der Waals surface area (Å²) in [4.78, 5) is 2.24. The smallest absolute Gasteiger partial charge is 0.197 e. The van der Waals surface area contributed by atoms with Gasteiger partial charge in [-0.1, -0.05) is 18.2 Å². The zero-order valence-corrected chi connectivity index (χ0v) is 12.6. The molecule has 1 heterocycles. The van der Waals surface area contributed by atoms with E-state index >= 15 is 0 Å². The first kappa shape index (κ1) is 14.5. The Morgan fingerprint density at radius 1 is 1.35 bits per heavy atom. The number of methoxy groups -OCH3 is 1. The lowest BCUT2D eigenvalue weighted by atomic mass is 10.3. The summed E-state index contributed by atoms with van der Waals surface area (Å²) in [6.07, 6.45) is 1.02. The second kappa shape index (κ2) is 7.00. The maximum absolute atomic E-state index is 5.71. The number of para-hydroxylation sites is 1. The van der Waals surface area contributed by atoms with Gasteiger partial charge in [0.15, 0.2) is 16.6 Å². The van der Waals surface area contributed by atoms with E-state index in [1.807, 2.05) is 6.07 Å². The molecule has 0 radical (unpaired) electrons. The van der Waals surface area contributed by atoms with Crippen LogP contribution in [0.3, 0.4) is 0 Å². The van der Waals surface area contributed by atoms with Crippen LogP contribution in [0.25, 0.3) is 0 Å². The Kier molecular flexibility index (Phi) is 5.06. The van der Waals surface area contributed by atoms with Crippen LogP contribution in [-0.4, -0.2) is 31.6 Å². The SMILES string of the molecule is COc1c(N)nsc1NCCCN(C)c1ccccc1. The first-order chi connectivity index (χ1) is 9.72. The number of hydrogen-bond acceptors (Lipinski definition) is 6. The molecule has 2 aromatic rings. The lowest BCUT2D eigenvalue weighted by Crippen LogP contribution is -2.20. The van der Waals surface area contributed by atoms with Crippen LogP contribution in [0.2, 0.25) is 0 Å². The van der Waals surface area contributed by atoms with Crippen LogP contribution in [0, 0.1) is 0 Å². The molecule has 0 spiro atoms. The van der Waals surface area contributed by atoms with Crippen molar-refractivity contribution in [3.63, 3.8) is 0 Å². The van der Waals surface area contributed by atoms with Crippen LogP contribution in [-0.2, 0) is 0 Å². The van der Waals surface area contributed by atoms with Crippen LogP contribution in [0.1, 0.15) is 6.42 Å². The van der Waals surface area contributed by atoms with Crippen molar-refractivity contribution in [2.75, 3.05) is 43.2 Å². The Bertz CT molecular complexity index is 529. The number of nitrogens with one attached hydrogen (secondary N) is 1. The van der Waals surface area contributed by atoms with E-state index in [1.54, 1.807) is 7.11 Å². The summed E-state index contributed by atoms with van der Waals surface area (Å²) in [5.74, 6) is 1.09. The lowest BCUT2D eigenvalue weighted by Gasteiger charge is -2.19. The van der Waals surface area contributed by atoms with Crippen LogP contribution in [0.15, 0.2) is 30.3 Å². The highest BCUT2D eigenvalue weighted by Gasteiger charge is 2.10. The molecule has 5 nitrogen and oxygen atoms in total. The Labute approximate surface area is 123 Å². The van der Waals surface area contributed by atoms with Gasteiger partial charge in [-0.2, -0.15) is 4.37 Å². The van der Waals surface area contributed by atoms with Crippen LogP contribution < -0.4 is 20.7 Å². The molecule has 0 bridgehead atoms. The van der Waals surface area contributed by atoms with Gasteiger partial charge in [0, 0.05) is 25.8 Å². The van der Waals surface area contributed by atoms with Gasteiger partial charge in [-0.05, 0) is 30.1 Å². The van der Waals surface area contributed by atoms with E-state index < -0.39 is 0 Å². The maximum atomic E-state index is 5.71. The summed E-state index contributed by atoms with van der Waals surface area (Å²) < 4.78 is 9.28. The number of nitrogen functional groups attached to an aromatic ring is 1. The average Bonchev–Trinajstić information content (AvgIpc) is 2.84. The average molecular weight is 292 g/mol. The normalized spacial score (nSPS) is 10.3. The number of anilines is 3. The van der Waals surface area contributed by atoms with Crippen molar-refractivity contribution in [3.8, 4) is 5.75 Å². The van der Waals surface area contributed by atoms with Gasteiger partial charge in [-0.3, -0.25) is 0 Å². The van der Waals surface area contributed by atoms with Gasteiger partial charge in [0.05, 0.1) is 7.11 Å². The number of benzene rings is 1. The summed E-state index contributed by atoms with van der Waals surface area (Å²) in [6, 6.07) is 10.4. The Morgan fingerprint density at radius 3 is 2.80 bits per heavy atom. The topological polar surface area (TPSA) is 63.4 Å². The number of nitrogens with two attached hydrogens (primary N) is 1. The van der Waals surface area contributed by atoms with Gasteiger partial charge in [-0.15, -0.1) is 0 Å². The Balaban J connectivity index is 1.76. The first-order valence-corrected chi connectivity index (χ1v) is 7.29. The molecular formula is C14H20N4OS. The number of aromatic nitrogens is 1. The van der Waals surface area contributed by atoms with E-state index in [2.05, 4.69) is 45.9 Å². The first-order valence-electron chi connectivity index (χ1n) is 6.51. The summed E-state index contributed by atoms with van der Waals surface area (Å²) >= 11 is 1.33. The van der Waals surface area contributed by atoms with Gasteiger partial charge >= 0.3 is 0 Å². The number of ether oxygens (including phenoxy) is 1. The molecule has 1 aromatic heterocycles. The highest BCUT2D eigenvalue weighted by Crippen LogP contribution is 2.34. The van der Waals surface area contributed by atoms with Crippen molar-refractivity contribution in [3.05, 3.63) is 30.3 Å². The van der Waals surface area contributed by atoms with E-state index in [1.165, 1.54) is 17.2 Å². The van der Waals surface area contributed by atoms with E-state index in [0.717, 1.165) is 24.5 Å². The zero-order valence-electron chi connectivity index (χ0n) is 11.8. The fourth-order valence-corrected chi connectivity index (χ4v) is 2.64. The third-order valence-electron chi connectivity index (χ3n) is 3.03. The Morgan fingerprint density at radius 2 is 2.10 bits per heavy atom. The van der Waals surface area contributed by atoms with E-state index in [4.69, 9.17) is 10.5 Å². The maximum Gasteiger partial charge on any atom is 0.197 e. The monoisotopic (exact) mass is 292 g/mol. The fourth-order valence-electron chi connectivity index (χ4n) is 1.93. The molecule has 0 saturated heterocycles. The largest absolute Gasteiger partial charge is 0.490 e. The number of hydrogen-bond donors (Lipinski definition) is 2. The molecule has 108 valence electrons. The van der Waals surface area contributed by atoms with E-state index in [-0.39, 0.29) is 0 Å². The lowest BCUT2D eigenvalue weighted by molar-refractivity contribution is 0.419. The molecule has 3 N–H and O–H groups in total. The van der Waals surface area contributed by atoms with Crippen molar-refractivity contribution in [1.29, 1.82) is 0 Å². The third-order valence-corrected chi connectivity index (χ3v) is 3.83. The molecule has 0 amide bonds. The predicted molar refractivity (Wildman–Crippen MR) is 85.9 cm³/mol. The van der Waals surface area contributed by atoms with Crippen molar-refractivity contribution < 1.29 is 4.74 Å². The van der Waals surface area contributed by atoms with Crippen LogP contribution in [0.4, 0.5) is 16.5 Å². The van der Waals surface area contributed by atoms with Gasteiger partial charge < -0.3 is 20.7 Å². The molecule has 0 saturated carbocycles. The minimum atomic E-state index is 0.446. The van der Waals surface area contributed by atoms with Crippen molar-refractivity contribution in [2.45, 2.75) is 6.42 Å². The Hall–Kier alpha value is -1.95. The molecule has 0 unspecified atom stereocenters. The molecule has 6 heteroatoms. The molecule has 0 aliphatic rings. The zero-order chi connectivity index (χ0) is 14.4. The second-order valence-electron chi connectivity index (χ2n) is 4.47. The van der Waals surface area contributed by atoms with Gasteiger partial charge in [-0.25, -0.2) is 0 Å². The minimum Gasteiger partial charge on any atom is -0.490 e. The van der Waals surface area contributed by atoms with E-state index in [0.29, 0.717) is 11.6 Å². The number of rotatable bonds is 7. The summed E-state index contributed by atoms with van der Waals surface area (Å²) in [5.41, 5.74) is 6.94. The molecular weight excluding hydrogens is 272 g/mol. The van der Waals surface area contributed by atoms with Gasteiger partial charge in [0.1, 0.15) is 0 Å². The highest BCUT2D eigenvalue weighted by atomic mass is 32.1. The molecule has 0 atom stereocenters. The van der Waals surface area contributed by atoms with Crippen molar-refractivity contribution in [1.82, 2.24) is 4.37 Å². The quantitative estimate of drug-likeness (QED) is 0.768. The van der Waals surface area contributed by atoms with Crippen LogP contribution >= 0.6 is 11.5 Å². The highest BCUT2D eigenvalue weighted by molar-refractivity contribution is 7.11. The van der Waals surface area contributed by atoms with Crippen molar-refractivity contribution >= 4 is 28.0 Å². The summed E-state index contributed by atoms with van der Waals surface area (Å²) in [5, 5.41) is 4.21. The molecule has 0 aliphatic carbocycles. The van der Waals surface area contributed by atoms with Crippen LogP contribution in [0.5, 0.6) is 5.75 Å². The molecule has 2 rings (SSSR count). The molecule has 0 fully saturated rings.